The minimum Gasteiger partial charge on any atom is -0.355 e. The second-order valence-corrected chi connectivity index (χ2v) is 6.62. The van der Waals surface area contributed by atoms with Gasteiger partial charge in [-0.05, 0) is 24.3 Å². The molecule has 5 heteroatoms. The third-order valence-electron chi connectivity index (χ3n) is 4.26. The number of carbonyl (C=O) groups excluding carboxylic acids is 1. The summed E-state index contributed by atoms with van der Waals surface area (Å²) in [5.41, 5.74) is 5.71. The fourth-order valence-electron chi connectivity index (χ4n) is 2.86. The Bertz CT molecular complexity index is 402. The number of hydrogen-bond donors (Lipinski definition) is 2. The highest BCUT2D eigenvalue weighted by Crippen LogP contribution is 2.41. The molecule has 0 aromatic carbocycles. The van der Waals surface area contributed by atoms with Crippen molar-refractivity contribution in [2.45, 2.75) is 44.4 Å². The van der Waals surface area contributed by atoms with E-state index < -0.39 is 0 Å². The number of halogens is 1. The smallest absolute Gasteiger partial charge is 0.224 e. The second kappa shape index (κ2) is 8.01. The van der Waals surface area contributed by atoms with Crippen LogP contribution in [0.3, 0.4) is 0 Å². The molecule has 1 fully saturated rings. The van der Waals surface area contributed by atoms with Crippen molar-refractivity contribution in [2.75, 3.05) is 13.1 Å². The summed E-state index contributed by atoms with van der Waals surface area (Å²) in [6, 6.07) is 4.33. The van der Waals surface area contributed by atoms with Crippen molar-refractivity contribution >= 4 is 29.7 Å². The molecule has 1 unspecified atom stereocenters. The summed E-state index contributed by atoms with van der Waals surface area (Å²) in [5.74, 6) is -0.00650. The first-order valence-corrected chi connectivity index (χ1v) is 8.08. The molecule has 1 aromatic heterocycles. The number of carbonyl (C=O) groups is 1. The van der Waals surface area contributed by atoms with Gasteiger partial charge in [0.05, 0.1) is 0 Å². The quantitative estimate of drug-likeness (QED) is 0.877. The second-order valence-electron chi connectivity index (χ2n) is 5.67. The Morgan fingerprint density at radius 1 is 1.45 bits per heavy atom. The monoisotopic (exact) mass is 316 g/mol. The Morgan fingerprint density at radius 2 is 2.15 bits per heavy atom. The lowest BCUT2D eigenvalue weighted by Gasteiger charge is -2.37. The largest absolute Gasteiger partial charge is 0.355 e. The zero-order valence-corrected chi connectivity index (χ0v) is 13.7. The molecule has 1 saturated carbocycles. The number of hydrogen-bond acceptors (Lipinski definition) is 3. The van der Waals surface area contributed by atoms with E-state index in [1.807, 2.05) is 18.3 Å². The molecule has 0 radical (unpaired) electrons. The molecule has 1 aliphatic rings. The van der Waals surface area contributed by atoms with Crippen LogP contribution in [0.4, 0.5) is 0 Å². The van der Waals surface area contributed by atoms with Crippen molar-refractivity contribution in [3.63, 3.8) is 0 Å². The zero-order chi connectivity index (χ0) is 13.7. The van der Waals surface area contributed by atoms with E-state index in [0.717, 1.165) is 6.54 Å². The number of thiophene rings is 1. The minimum absolute atomic E-state index is 0. The molecule has 0 aliphatic heterocycles. The van der Waals surface area contributed by atoms with Crippen LogP contribution in [0.2, 0.25) is 0 Å². The highest BCUT2D eigenvalue weighted by Gasteiger charge is 2.35. The Morgan fingerprint density at radius 3 is 2.70 bits per heavy atom. The average Bonchev–Trinajstić information content (AvgIpc) is 2.99. The van der Waals surface area contributed by atoms with Crippen LogP contribution < -0.4 is 11.1 Å². The highest BCUT2D eigenvalue weighted by atomic mass is 35.5. The van der Waals surface area contributed by atoms with E-state index in [0.29, 0.717) is 6.54 Å². The molecule has 3 N–H and O–H groups in total. The van der Waals surface area contributed by atoms with Gasteiger partial charge in [0.15, 0.2) is 0 Å². The van der Waals surface area contributed by atoms with Crippen molar-refractivity contribution in [2.24, 2.45) is 11.7 Å². The molecule has 0 saturated heterocycles. The predicted molar refractivity (Wildman–Crippen MR) is 87.6 cm³/mol. The van der Waals surface area contributed by atoms with Crippen LogP contribution >= 0.6 is 23.7 Å². The third-order valence-corrected chi connectivity index (χ3v) is 5.37. The van der Waals surface area contributed by atoms with Gasteiger partial charge in [0.2, 0.25) is 5.91 Å². The van der Waals surface area contributed by atoms with Gasteiger partial charge < -0.3 is 11.1 Å². The number of nitrogens with one attached hydrogen (secondary N) is 1. The van der Waals surface area contributed by atoms with Crippen LogP contribution in [0.25, 0.3) is 0 Å². The first-order chi connectivity index (χ1) is 9.18. The molecule has 20 heavy (non-hydrogen) atoms. The maximum absolute atomic E-state index is 11.9. The summed E-state index contributed by atoms with van der Waals surface area (Å²) in [7, 11) is 0. The highest BCUT2D eigenvalue weighted by molar-refractivity contribution is 7.10. The van der Waals surface area contributed by atoms with Crippen LogP contribution in [-0.4, -0.2) is 19.0 Å². The van der Waals surface area contributed by atoms with E-state index in [-0.39, 0.29) is 29.6 Å². The number of nitrogens with two attached hydrogens (primary N) is 1. The third kappa shape index (κ3) is 3.96. The zero-order valence-electron chi connectivity index (χ0n) is 12.1. The van der Waals surface area contributed by atoms with Gasteiger partial charge in [-0.1, -0.05) is 32.3 Å². The first kappa shape index (κ1) is 17.5. The Kier molecular flexibility index (Phi) is 7.00. The summed E-state index contributed by atoms with van der Waals surface area (Å²) in [4.78, 5) is 13.4. The molecule has 1 amide bonds. The molecule has 0 spiro atoms. The molecule has 114 valence electrons. The molecule has 0 bridgehead atoms. The molecule has 1 aliphatic carbocycles. The summed E-state index contributed by atoms with van der Waals surface area (Å²) in [6.07, 6.45) is 6.22. The van der Waals surface area contributed by atoms with E-state index in [4.69, 9.17) is 5.73 Å². The molecular weight excluding hydrogens is 292 g/mol. The normalized spacial score (nSPS) is 18.9. The van der Waals surface area contributed by atoms with Crippen molar-refractivity contribution in [1.29, 1.82) is 0 Å². The fourth-order valence-corrected chi connectivity index (χ4v) is 3.84. The van der Waals surface area contributed by atoms with Crippen molar-refractivity contribution in [3.8, 4) is 0 Å². The lowest BCUT2D eigenvalue weighted by Crippen LogP contribution is -2.44. The van der Waals surface area contributed by atoms with Gasteiger partial charge in [0.25, 0.3) is 0 Å². The summed E-state index contributed by atoms with van der Waals surface area (Å²) in [6.45, 7) is 3.06. The van der Waals surface area contributed by atoms with Crippen molar-refractivity contribution in [3.05, 3.63) is 22.4 Å². The van der Waals surface area contributed by atoms with Gasteiger partial charge in [0, 0.05) is 29.3 Å². The van der Waals surface area contributed by atoms with E-state index in [1.165, 1.54) is 37.0 Å². The van der Waals surface area contributed by atoms with Crippen LogP contribution in [0.5, 0.6) is 0 Å². The molecule has 2 rings (SSSR count). The molecule has 1 heterocycles. The van der Waals surface area contributed by atoms with E-state index >= 15 is 0 Å². The van der Waals surface area contributed by atoms with Gasteiger partial charge in [0.1, 0.15) is 0 Å². The Labute approximate surface area is 131 Å². The first-order valence-electron chi connectivity index (χ1n) is 7.20. The molecule has 1 atom stereocenters. The van der Waals surface area contributed by atoms with E-state index in [9.17, 15) is 4.79 Å². The number of rotatable bonds is 5. The maximum atomic E-state index is 11.9. The maximum Gasteiger partial charge on any atom is 0.224 e. The van der Waals surface area contributed by atoms with Crippen molar-refractivity contribution < 1.29 is 4.79 Å². The minimum atomic E-state index is -0.0935. The molecule has 1 aromatic rings. The topological polar surface area (TPSA) is 55.1 Å². The van der Waals surface area contributed by atoms with Gasteiger partial charge in [-0.3, -0.25) is 4.79 Å². The average molecular weight is 317 g/mol. The van der Waals surface area contributed by atoms with Gasteiger partial charge in [-0.25, -0.2) is 0 Å². The van der Waals surface area contributed by atoms with Crippen LogP contribution in [-0.2, 0) is 10.2 Å². The van der Waals surface area contributed by atoms with Crippen LogP contribution in [0.15, 0.2) is 17.5 Å². The van der Waals surface area contributed by atoms with Crippen LogP contribution in [0.1, 0.15) is 43.9 Å². The number of amides is 1. The van der Waals surface area contributed by atoms with Crippen LogP contribution in [0, 0.1) is 5.92 Å². The van der Waals surface area contributed by atoms with Crippen molar-refractivity contribution in [1.82, 2.24) is 5.32 Å². The summed E-state index contributed by atoms with van der Waals surface area (Å²) in [5, 5.41) is 5.25. The Balaban J connectivity index is 0.00000200. The molecule has 3 nitrogen and oxygen atoms in total. The fraction of sp³-hybridized carbons (Fsp3) is 0.667. The SMILES string of the molecule is CC(CN)C(=O)NCC1(c2cccs2)CCCCC1.Cl. The summed E-state index contributed by atoms with van der Waals surface area (Å²) < 4.78 is 0. The summed E-state index contributed by atoms with van der Waals surface area (Å²) >= 11 is 1.82. The van der Waals surface area contributed by atoms with E-state index in [2.05, 4.69) is 22.8 Å². The molecular formula is C15H25ClN2OS. The van der Waals surface area contributed by atoms with E-state index in [1.54, 1.807) is 0 Å². The lowest BCUT2D eigenvalue weighted by atomic mass is 9.73. The van der Waals surface area contributed by atoms with Gasteiger partial charge in [-0.15, -0.1) is 23.7 Å². The van der Waals surface area contributed by atoms with Gasteiger partial charge >= 0.3 is 0 Å². The predicted octanol–water partition coefficient (Wildman–Crippen LogP) is 3.08. The standard InChI is InChI=1S/C15H24N2OS.ClH/c1-12(10-16)14(18)17-11-15(7-3-2-4-8-15)13-6-5-9-19-13;/h5-6,9,12H,2-4,7-8,10-11,16H2,1H3,(H,17,18);1H. The lowest BCUT2D eigenvalue weighted by molar-refractivity contribution is -0.124. The van der Waals surface area contributed by atoms with Gasteiger partial charge in [-0.2, -0.15) is 0 Å². The Hall–Kier alpha value is -0.580.